The van der Waals surface area contributed by atoms with Crippen molar-refractivity contribution in [1.29, 1.82) is 0 Å². The van der Waals surface area contributed by atoms with Gasteiger partial charge in [-0.05, 0) is 0 Å². The number of aliphatic hydroxyl groups excluding tert-OH is 33. The van der Waals surface area contributed by atoms with Crippen LogP contribution >= 0.6 is 0 Å². The molecule has 1 unspecified atom stereocenters. The fourth-order valence-electron chi connectivity index (χ4n) is 16.4. The van der Waals surface area contributed by atoms with E-state index in [1.165, 1.54) is 0 Å². The van der Waals surface area contributed by atoms with Crippen LogP contribution < -0.4 is 10.6 Å². The lowest BCUT2D eigenvalue weighted by molar-refractivity contribution is -0.412. The molecule has 2 amide bonds. The Morgan fingerprint density at radius 1 is 0.203 bits per heavy atom. The van der Waals surface area contributed by atoms with E-state index in [9.17, 15) is 178 Å². The number of ether oxygens (including phenoxy) is 21. The number of rotatable bonds is 33. The summed E-state index contributed by atoms with van der Waals surface area (Å²) >= 11 is 0. The Morgan fingerprint density at radius 3 is 0.805 bits per heavy atom. The highest BCUT2D eigenvalue weighted by atomic mass is 16.8. The summed E-state index contributed by atoms with van der Waals surface area (Å²) < 4.78 is 123. The lowest BCUT2D eigenvalue weighted by Crippen LogP contribution is -2.70. The molecule has 11 fully saturated rings. The van der Waals surface area contributed by atoms with Crippen molar-refractivity contribution >= 4 is 11.8 Å². The van der Waals surface area contributed by atoms with Crippen molar-refractivity contribution in [3.63, 3.8) is 0 Å². The van der Waals surface area contributed by atoms with E-state index in [-0.39, 0.29) is 0 Å². The van der Waals surface area contributed by atoms with Crippen molar-refractivity contribution in [3.8, 4) is 0 Å². The van der Waals surface area contributed by atoms with Gasteiger partial charge in [-0.1, -0.05) is 0 Å². The molecule has 11 aliphatic rings. The van der Waals surface area contributed by atoms with Gasteiger partial charge in [-0.3, -0.25) is 9.59 Å². The van der Waals surface area contributed by atoms with Crippen molar-refractivity contribution in [1.82, 2.24) is 10.6 Å². The van der Waals surface area contributed by atoms with Crippen LogP contribution in [0.3, 0.4) is 0 Å². The molecule has 11 rings (SSSR count). The summed E-state index contributed by atoms with van der Waals surface area (Å²) in [4.78, 5) is 25.4. The number of nitrogens with one attached hydrogen (secondary N) is 2. The van der Waals surface area contributed by atoms with Gasteiger partial charge in [0, 0.05) is 13.8 Å². The van der Waals surface area contributed by atoms with Crippen LogP contribution in [0.25, 0.3) is 0 Å². The van der Waals surface area contributed by atoms with E-state index in [0.29, 0.717) is 0 Å². The highest BCUT2D eigenvalue weighted by Crippen LogP contribution is 2.41. The second kappa shape index (κ2) is 45.8. The summed E-state index contributed by atoms with van der Waals surface area (Å²) in [6.45, 7) is -10.6. The van der Waals surface area contributed by atoms with E-state index in [4.69, 9.17) is 99.5 Å². The molecular weight excluding hydrogens is 1760 g/mol. The molecule has 0 aromatic heterocycles. The molecule has 35 N–H and O–H groups in total. The molecule has 11 heterocycles. The van der Waals surface area contributed by atoms with Crippen molar-refractivity contribution in [2.24, 2.45) is 0 Å². The van der Waals surface area contributed by atoms with Crippen molar-refractivity contribution in [3.05, 3.63) is 0 Å². The highest BCUT2D eigenvalue weighted by molar-refractivity contribution is 5.73. The smallest absolute Gasteiger partial charge is 0.217 e. The molecule has 0 aromatic carbocycles. The minimum absolute atomic E-state index is 0.828. The summed E-state index contributed by atoms with van der Waals surface area (Å²) in [7, 11) is 0. The Balaban J connectivity index is 0.965. The van der Waals surface area contributed by atoms with Crippen molar-refractivity contribution < 1.29 is 278 Å². The lowest BCUT2D eigenvalue weighted by Gasteiger charge is -2.51. The molecule has 58 heteroatoms. The van der Waals surface area contributed by atoms with E-state index in [0.717, 1.165) is 13.8 Å². The van der Waals surface area contributed by atoms with Gasteiger partial charge in [0.05, 0.1) is 72.7 Å². The van der Waals surface area contributed by atoms with Crippen molar-refractivity contribution in [2.75, 3.05) is 72.7 Å². The van der Waals surface area contributed by atoms with Gasteiger partial charge >= 0.3 is 0 Å². The van der Waals surface area contributed by atoms with E-state index < -0.39 is 422 Å². The third-order valence-corrected chi connectivity index (χ3v) is 23.7. The average Bonchev–Trinajstić information content (AvgIpc) is 0.764. The van der Waals surface area contributed by atoms with E-state index in [2.05, 4.69) is 10.6 Å². The summed E-state index contributed by atoms with van der Waals surface area (Å²) in [5.41, 5.74) is 0. The molecule has 0 spiro atoms. The Hall–Kier alpha value is -3.22. The maximum absolute atomic E-state index is 13.2. The average molecular weight is 1880 g/mol. The van der Waals surface area contributed by atoms with Gasteiger partial charge in [-0.25, -0.2) is 0 Å². The van der Waals surface area contributed by atoms with Crippen LogP contribution in [0.1, 0.15) is 13.8 Å². The Kier molecular flexibility index (Phi) is 37.7. The Morgan fingerprint density at radius 2 is 0.422 bits per heavy atom. The van der Waals surface area contributed by atoms with E-state index >= 15 is 0 Å². The highest BCUT2D eigenvalue weighted by Gasteiger charge is 2.62. The molecule has 0 bridgehead atoms. The van der Waals surface area contributed by atoms with Crippen LogP contribution in [-0.4, -0.2) is 591 Å². The van der Waals surface area contributed by atoms with Crippen LogP contribution in [0.15, 0.2) is 0 Å². The predicted molar refractivity (Wildman–Crippen MR) is 386 cm³/mol. The van der Waals surface area contributed by atoms with Gasteiger partial charge < -0.3 is 279 Å². The van der Waals surface area contributed by atoms with Crippen molar-refractivity contribution in [2.45, 2.75) is 351 Å². The van der Waals surface area contributed by atoms with Crippen LogP contribution in [0.5, 0.6) is 0 Å². The predicted octanol–water partition coefficient (Wildman–Crippen LogP) is -24.7. The number of amides is 2. The van der Waals surface area contributed by atoms with Gasteiger partial charge in [0.2, 0.25) is 11.8 Å². The maximum Gasteiger partial charge on any atom is 0.217 e. The van der Waals surface area contributed by atoms with Gasteiger partial charge in [0.1, 0.15) is 268 Å². The fourth-order valence-corrected chi connectivity index (χ4v) is 16.4. The van der Waals surface area contributed by atoms with Gasteiger partial charge in [0.15, 0.2) is 69.2 Å². The second-order valence-electron chi connectivity index (χ2n) is 32.4. The third-order valence-electron chi connectivity index (χ3n) is 23.7. The molecule has 0 aliphatic carbocycles. The van der Waals surface area contributed by atoms with Gasteiger partial charge in [-0.15, -0.1) is 0 Å². The minimum Gasteiger partial charge on any atom is -0.394 e. The Bertz CT molecular complexity index is 3380. The Labute approximate surface area is 722 Å². The molecular formula is C70H118N2O56. The van der Waals surface area contributed by atoms with Crippen LogP contribution in [0.4, 0.5) is 0 Å². The number of carbonyl (C=O) groups is 2. The van der Waals surface area contributed by atoms with Crippen LogP contribution in [-0.2, 0) is 109 Å². The van der Waals surface area contributed by atoms with Gasteiger partial charge in [-0.2, -0.15) is 0 Å². The number of hydrogen-bond donors (Lipinski definition) is 35. The normalized spacial score (nSPS) is 51.7. The quantitative estimate of drug-likeness (QED) is 0.0290. The first-order valence-electron chi connectivity index (χ1n) is 40.7. The third kappa shape index (κ3) is 22.6. The summed E-state index contributed by atoms with van der Waals surface area (Å²) in [5.74, 6) is -1.83. The number of carbonyl (C=O) groups excluding carboxylic acids is 2. The van der Waals surface area contributed by atoms with Crippen LogP contribution in [0, 0.1) is 0 Å². The molecule has 11 saturated heterocycles. The zero-order chi connectivity index (χ0) is 94.0. The zero-order valence-corrected chi connectivity index (χ0v) is 67.7. The first-order valence-corrected chi connectivity index (χ1v) is 40.7. The second-order valence-corrected chi connectivity index (χ2v) is 32.4. The molecule has 58 nitrogen and oxygen atoms in total. The molecule has 0 saturated carbocycles. The molecule has 0 aromatic rings. The first kappa shape index (κ1) is 105. The number of aliphatic hydroxyl groups is 33. The van der Waals surface area contributed by atoms with E-state index in [1.54, 1.807) is 0 Å². The fraction of sp³-hybridized carbons (Fsp3) is 0.971. The topological polar surface area (TPSA) is 920 Å². The van der Waals surface area contributed by atoms with Gasteiger partial charge in [0.25, 0.3) is 0 Å². The molecule has 55 atom stereocenters. The summed E-state index contributed by atoms with van der Waals surface area (Å²) in [6, 6.07) is -3.73. The minimum atomic E-state index is -2.75. The molecule has 11 aliphatic heterocycles. The summed E-state index contributed by atoms with van der Waals surface area (Å²) in [5, 5.41) is 372. The zero-order valence-electron chi connectivity index (χ0n) is 67.7. The first-order chi connectivity index (χ1) is 60.6. The summed E-state index contributed by atoms with van der Waals surface area (Å²) in [6.07, 6.45) is -117. The maximum atomic E-state index is 13.2. The molecule has 744 valence electrons. The molecule has 128 heavy (non-hydrogen) atoms. The lowest BCUT2D eigenvalue weighted by atomic mass is 9.94. The van der Waals surface area contributed by atoms with Crippen LogP contribution in [0.2, 0.25) is 0 Å². The SMILES string of the molecule is CC(=O)N[C@H]1[C@H](O[C@H]2[C@H](O)[C@@H](NC(C)=O)C(O)O[C@@H]2CO)O[C@H](CO)[C@@H](O[C@@H]2O[C@H](CO[C@H]3O[C@H](CO[C@H]4O[C@H](CO)[C@@H](O)[C@H](O)[C@@H]4O)[C@@H](O)[C@H](O[C@H]4O[C@H](CO)[C@@H](O)[C@H](O)[C@@H]4O)[C@@H]3O)[C@@H](O)[C@H](O[C@H]3O[C@H](CO[C@H]4O[C@H](CO)[C@@H](O)[C@H](O)[C@@H]4O)[C@@H](O)[C@H](O)[C@@H]3O[C@H]3O[C@H](CO)[C@@H](O)[C@H](O)[C@@H]3O[C@H]3O[C@H](CO)[C@@H](O)[C@H](O[C@H]4O[C@H](CO)[C@@H](O)[C@H](O)[C@@H]4O)[C@@H]3O)[C@@H]2O)[C@@H]1O. The standard InChI is InChI=1S/C70H118N2O56/c1-14(81)71-27-38(92)53(22(9-79)111-60(27)107)122-61-28(72-15(2)82)39(93)54(23(10-80)118-61)123-68-52(106)57(37(91)26(120-68)13-110-64-50(104)56(125-66-49(103)43(97)32(86)19(6-76)115-66)36(90)25(119-64)12-109-63-47(101)41(95)30(84)17(4-74)113-63)126-70-59(45(99)34(88)24(121-70)11-108-62-46(100)40(94)29(83)16(3-73)112-62)128-69-58(44(98)33(87)20(7-77)117-69)127-67-51(105)55(35(89)21(8-78)116-67)124-65-48(102)42(96)31(85)18(5-75)114-65/h16-70,73-80,83-107H,3-13H2,1-2H3,(H,71,81)(H,72,82)/t16-,17-,18-,19-,20-,21-,22-,23-,24-,25-,26-,27-,28-,29-,30-,31-,32-,33-,34-,35-,36-,37-,38-,39-,40+,41+,42+,43+,44+,45+,46+,47+,48+,49+,50+,51+,52+,53-,54-,55+,56+,57+,58+,59+,60?,61+,62+,63+,64+,65-,66-,67-,68+,69-,70-/m1/s1. The monoisotopic (exact) mass is 1880 g/mol. The molecule has 0 radical (unpaired) electrons. The number of hydrogen-bond acceptors (Lipinski definition) is 56. The largest absolute Gasteiger partial charge is 0.394 e. The van der Waals surface area contributed by atoms with E-state index in [1.807, 2.05) is 0 Å².